The van der Waals surface area contributed by atoms with Crippen molar-refractivity contribution in [2.45, 2.75) is 32.7 Å². The number of aryl methyl sites for hydroxylation is 1. The number of nitrogens with zero attached hydrogens (tertiary/aromatic N) is 1. The molecule has 94 valence electrons. The van der Waals surface area contributed by atoms with Gasteiger partial charge in [-0.05, 0) is 25.8 Å². The molecule has 0 fully saturated rings. The van der Waals surface area contributed by atoms with Crippen LogP contribution in [0.1, 0.15) is 35.8 Å². The molecule has 1 heterocycles. The molecule has 0 aliphatic carbocycles. The zero-order chi connectivity index (χ0) is 12.8. The number of carbonyl (C=O) groups is 1. The molecular formula is C12H19N3O2. The second kappa shape index (κ2) is 6.20. The van der Waals surface area contributed by atoms with Crippen molar-refractivity contribution in [2.24, 2.45) is 0 Å². The molecule has 0 aliphatic rings. The maximum atomic E-state index is 12.0. The number of carbonyl (C=O) groups excluding carboxylic acids is 1. The third kappa shape index (κ3) is 3.71. The molecule has 1 aromatic heterocycles. The number of pyridine rings is 1. The van der Waals surface area contributed by atoms with Crippen LogP contribution in [0.2, 0.25) is 0 Å². The van der Waals surface area contributed by atoms with Crippen LogP contribution in [0.5, 0.6) is 0 Å². The summed E-state index contributed by atoms with van der Waals surface area (Å²) in [6, 6.07) is 1.59. The van der Waals surface area contributed by atoms with Gasteiger partial charge in [-0.1, -0.05) is 6.92 Å². The van der Waals surface area contributed by atoms with Crippen LogP contribution in [0.4, 0.5) is 5.69 Å². The summed E-state index contributed by atoms with van der Waals surface area (Å²) in [5.74, 6) is -0.192. The first-order valence-electron chi connectivity index (χ1n) is 5.72. The quantitative estimate of drug-likeness (QED) is 0.708. The minimum Gasteiger partial charge on any atom is -0.397 e. The minimum absolute atomic E-state index is 0.0201. The standard InChI is InChI=1S/C12H19N3O2/c1-3-10(4-5-16)15-12(17)11-6-9(13)7-14-8(11)2/h6-7,10,16H,3-5,13H2,1-2H3,(H,15,17). The highest BCUT2D eigenvalue weighted by molar-refractivity contribution is 5.96. The molecule has 0 aromatic carbocycles. The molecule has 0 saturated carbocycles. The summed E-state index contributed by atoms with van der Waals surface area (Å²) in [4.78, 5) is 16.0. The number of aliphatic hydroxyl groups excluding tert-OH is 1. The first-order valence-corrected chi connectivity index (χ1v) is 5.72. The Kier molecular flexibility index (Phi) is 4.90. The fraction of sp³-hybridized carbons (Fsp3) is 0.500. The van der Waals surface area contributed by atoms with E-state index in [0.29, 0.717) is 23.4 Å². The van der Waals surface area contributed by atoms with Crippen molar-refractivity contribution in [2.75, 3.05) is 12.3 Å². The van der Waals surface area contributed by atoms with E-state index in [-0.39, 0.29) is 18.6 Å². The van der Waals surface area contributed by atoms with Crippen LogP contribution in [-0.2, 0) is 0 Å². The van der Waals surface area contributed by atoms with Gasteiger partial charge in [0.2, 0.25) is 0 Å². The van der Waals surface area contributed by atoms with Gasteiger partial charge < -0.3 is 16.2 Å². The van der Waals surface area contributed by atoms with Gasteiger partial charge in [-0.15, -0.1) is 0 Å². The number of hydrogen-bond acceptors (Lipinski definition) is 4. The smallest absolute Gasteiger partial charge is 0.253 e. The molecular weight excluding hydrogens is 218 g/mol. The number of nitrogens with two attached hydrogens (primary N) is 1. The Balaban J connectivity index is 2.78. The Bertz CT molecular complexity index is 393. The summed E-state index contributed by atoms with van der Waals surface area (Å²) in [7, 11) is 0. The molecule has 1 unspecified atom stereocenters. The second-order valence-corrected chi connectivity index (χ2v) is 3.99. The topological polar surface area (TPSA) is 88.2 Å². The van der Waals surface area contributed by atoms with Gasteiger partial charge in [0.25, 0.3) is 5.91 Å². The number of anilines is 1. The Morgan fingerprint density at radius 2 is 2.35 bits per heavy atom. The Labute approximate surface area is 101 Å². The summed E-state index contributed by atoms with van der Waals surface area (Å²) >= 11 is 0. The summed E-state index contributed by atoms with van der Waals surface area (Å²) in [5, 5.41) is 11.7. The van der Waals surface area contributed by atoms with Gasteiger partial charge in [-0.25, -0.2) is 0 Å². The first-order chi connectivity index (χ1) is 8.08. The number of nitrogens with one attached hydrogen (secondary N) is 1. The highest BCUT2D eigenvalue weighted by Gasteiger charge is 2.14. The molecule has 0 spiro atoms. The maximum Gasteiger partial charge on any atom is 0.253 e. The number of rotatable bonds is 5. The molecule has 5 nitrogen and oxygen atoms in total. The molecule has 4 N–H and O–H groups in total. The van der Waals surface area contributed by atoms with E-state index in [4.69, 9.17) is 10.8 Å². The van der Waals surface area contributed by atoms with Gasteiger partial charge in [-0.2, -0.15) is 0 Å². The van der Waals surface area contributed by atoms with Gasteiger partial charge in [-0.3, -0.25) is 9.78 Å². The highest BCUT2D eigenvalue weighted by Crippen LogP contribution is 2.10. The lowest BCUT2D eigenvalue weighted by Crippen LogP contribution is -2.35. The average molecular weight is 237 g/mol. The molecule has 5 heteroatoms. The highest BCUT2D eigenvalue weighted by atomic mass is 16.3. The lowest BCUT2D eigenvalue weighted by Gasteiger charge is -2.16. The first kappa shape index (κ1) is 13.4. The summed E-state index contributed by atoms with van der Waals surface area (Å²) in [5.41, 5.74) is 7.21. The molecule has 0 saturated heterocycles. The van der Waals surface area contributed by atoms with Crippen LogP contribution in [-0.4, -0.2) is 28.6 Å². The number of aromatic nitrogens is 1. The van der Waals surface area contributed by atoms with Crippen LogP contribution in [0.25, 0.3) is 0 Å². The van der Waals surface area contributed by atoms with Crippen LogP contribution in [0.15, 0.2) is 12.3 Å². The number of nitrogen functional groups attached to an aromatic ring is 1. The van der Waals surface area contributed by atoms with E-state index in [2.05, 4.69) is 10.3 Å². The van der Waals surface area contributed by atoms with E-state index in [1.165, 1.54) is 6.20 Å². The zero-order valence-corrected chi connectivity index (χ0v) is 10.2. The predicted octanol–water partition coefficient (Wildman–Crippen LogP) is 0.863. The molecule has 0 radical (unpaired) electrons. The monoisotopic (exact) mass is 237 g/mol. The SMILES string of the molecule is CCC(CCO)NC(=O)c1cc(N)cnc1C. The summed E-state index contributed by atoms with van der Waals surface area (Å²) < 4.78 is 0. The molecule has 17 heavy (non-hydrogen) atoms. The van der Waals surface area contributed by atoms with E-state index in [1.807, 2.05) is 6.92 Å². The van der Waals surface area contributed by atoms with E-state index >= 15 is 0 Å². The average Bonchev–Trinajstić information content (AvgIpc) is 2.31. The lowest BCUT2D eigenvalue weighted by molar-refractivity contribution is 0.0928. The largest absolute Gasteiger partial charge is 0.397 e. The van der Waals surface area contributed by atoms with Crippen molar-refractivity contribution >= 4 is 11.6 Å². The molecule has 1 amide bonds. The van der Waals surface area contributed by atoms with Crippen molar-refractivity contribution in [3.8, 4) is 0 Å². The normalized spacial score (nSPS) is 12.2. The minimum atomic E-state index is -0.192. The molecule has 0 aliphatic heterocycles. The van der Waals surface area contributed by atoms with Crippen molar-refractivity contribution < 1.29 is 9.90 Å². The zero-order valence-electron chi connectivity index (χ0n) is 10.2. The fourth-order valence-electron chi connectivity index (χ4n) is 1.58. The lowest BCUT2D eigenvalue weighted by atomic mass is 10.1. The third-order valence-corrected chi connectivity index (χ3v) is 2.66. The van der Waals surface area contributed by atoms with Gasteiger partial charge in [0, 0.05) is 12.6 Å². The van der Waals surface area contributed by atoms with Crippen molar-refractivity contribution in [1.82, 2.24) is 10.3 Å². The number of aliphatic hydroxyl groups is 1. The van der Waals surface area contributed by atoms with E-state index in [9.17, 15) is 4.79 Å². The predicted molar refractivity (Wildman–Crippen MR) is 66.6 cm³/mol. The molecule has 1 aromatic rings. The fourth-order valence-corrected chi connectivity index (χ4v) is 1.58. The van der Waals surface area contributed by atoms with Crippen molar-refractivity contribution in [1.29, 1.82) is 0 Å². The van der Waals surface area contributed by atoms with Crippen LogP contribution in [0.3, 0.4) is 0 Å². The third-order valence-electron chi connectivity index (χ3n) is 2.66. The Morgan fingerprint density at radius 3 is 2.94 bits per heavy atom. The van der Waals surface area contributed by atoms with Crippen molar-refractivity contribution in [3.63, 3.8) is 0 Å². The van der Waals surface area contributed by atoms with Crippen LogP contribution >= 0.6 is 0 Å². The van der Waals surface area contributed by atoms with Crippen molar-refractivity contribution in [3.05, 3.63) is 23.5 Å². The second-order valence-electron chi connectivity index (χ2n) is 3.99. The molecule has 1 rings (SSSR count). The van der Waals surface area contributed by atoms with Crippen LogP contribution in [0, 0.1) is 6.92 Å². The van der Waals surface area contributed by atoms with Gasteiger partial charge >= 0.3 is 0 Å². The van der Waals surface area contributed by atoms with E-state index < -0.39 is 0 Å². The van der Waals surface area contributed by atoms with Crippen LogP contribution < -0.4 is 11.1 Å². The van der Waals surface area contributed by atoms with E-state index in [1.54, 1.807) is 13.0 Å². The Morgan fingerprint density at radius 1 is 1.65 bits per heavy atom. The summed E-state index contributed by atoms with van der Waals surface area (Å²) in [6.07, 6.45) is 2.86. The molecule has 1 atom stereocenters. The maximum absolute atomic E-state index is 12.0. The molecule has 0 bridgehead atoms. The number of hydrogen-bond donors (Lipinski definition) is 3. The van der Waals surface area contributed by atoms with Gasteiger partial charge in [0.1, 0.15) is 0 Å². The van der Waals surface area contributed by atoms with E-state index in [0.717, 1.165) is 6.42 Å². The number of amides is 1. The van der Waals surface area contributed by atoms with Gasteiger partial charge in [0.05, 0.1) is 23.1 Å². The van der Waals surface area contributed by atoms with Gasteiger partial charge in [0.15, 0.2) is 0 Å². The Hall–Kier alpha value is -1.62. The summed E-state index contributed by atoms with van der Waals surface area (Å²) in [6.45, 7) is 3.79.